The predicted octanol–water partition coefficient (Wildman–Crippen LogP) is 3.31. The average molecular weight is 337 g/mol. The Morgan fingerprint density at radius 3 is 2.84 bits per heavy atom. The van der Waals surface area contributed by atoms with Crippen LogP contribution in [0.2, 0.25) is 0 Å². The van der Waals surface area contributed by atoms with Crippen LogP contribution in [0.25, 0.3) is 22.0 Å². The van der Waals surface area contributed by atoms with Crippen LogP contribution in [-0.2, 0) is 11.2 Å². The lowest BCUT2D eigenvalue weighted by Gasteiger charge is -2.25. The maximum Gasteiger partial charge on any atom is 0.219 e. The minimum atomic E-state index is -0.249. The molecule has 1 fully saturated rings. The van der Waals surface area contributed by atoms with Crippen molar-refractivity contribution >= 4 is 16.8 Å². The highest BCUT2D eigenvalue weighted by molar-refractivity contribution is 5.84. The summed E-state index contributed by atoms with van der Waals surface area (Å²) in [5, 5.41) is 1.18. The van der Waals surface area contributed by atoms with Gasteiger partial charge in [0, 0.05) is 36.2 Å². The second kappa shape index (κ2) is 6.76. The van der Waals surface area contributed by atoms with E-state index >= 15 is 0 Å². The number of hydrogen-bond donors (Lipinski definition) is 2. The zero-order valence-corrected chi connectivity index (χ0v) is 14.2. The third-order valence-electron chi connectivity index (χ3n) is 5.07. The molecule has 1 aromatic carbocycles. The molecule has 1 atom stereocenters. The molecule has 4 rings (SSSR count). The van der Waals surface area contributed by atoms with Crippen LogP contribution in [0.3, 0.4) is 0 Å². The average Bonchev–Trinajstić information content (AvgIpc) is 3.34. The molecule has 2 aromatic heterocycles. The molecule has 1 amide bonds. The fourth-order valence-electron chi connectivity index (χ4n) is 3.77. The third kappa shape index (κ3) is 3.46. The molecule has 3 heterocycles. The van der Waals surface area contributed by atoms with E-state index in [0.717, 1.165) is 41.9 Å². The largest absolute Gasteiger partial charge is 0.469 e. The number of nitrogens with two attached hydrogens (primary N) is 1. The van der Waals surface area contributed by atoms with E-state index < -0.39 is 0 Å². The van der Waals surface area contributed by atoms with Gasteiger partial charge in [0.1, 0.15) is 5.76 Å². The fourth-order valence-corrected chi connectivity index (χ4v) is 3.77. The molecule has 5 nitrogen and oxygen atoms in total. The molecule has 0 saturated carbocycles. The first kappa shape index (κ1) is 16.0. The van der Waals surface area contributed by atoms with Crippen LogP contribution < -0.4 is 5.73 Å². The van der Waals surface area contributed by atoms with Crippen molar-refractivity contribution in [1.82, 2.24) is 9.88 Å². The summed E-state index contributed by atoms with van der Waals surface area (Å²) in [4.78, 5) is 17.0. The number of carbonyl (C=O) groups excluding carboxylic acids is 1. The van der Waals surface area contributed by atoms with Crippen molar-refractivity contribution in [3.63, 3.8) is 0 Å². The molecule has 130 valence electrons. The van der Waals surface area contributed by atoms with Gasteiger partial charge in [0.15, 0.2) is 0 Å². The minimum absolute atomic E-state index is 0.131. The first-order valence-corrected chi connectivity index (χ1v) is 8.86. The summed E-state index contributed by atoms with van der Waals surface area (Å²) in [6.45, 7) is 2.07. The van der Waals surface area contributed by atoms with Crippen LogP contribution in [0.15, 0.2) is 47.2 Å². The lowest BCUT2D eigenvalue weighted by atomic mass is 10.0. The monoisotopic (exact) mass is 337 g/mol. The van der Waals surface area contributed by atoms with Gasteiger partial charge in [-0.15, -0.1) is 0 Å². The molecule has 0 radical (unpaired) electrons. The zero-order valence-electron chi connectivity index (χ0n) is 14.2. The Morgan fingerprint density at radius 2 is 2.04 bits per heavy atom. The van der Waals surface area contributed by atoms with Crippen LogP contribution in [-0.4, -0.2) is 34.9 Å². The number of amides is 1. The summed E-state index contributed by atoms with van der Waals surface area (Å²) < 4.78 is 5.80. The first-order valence-electron chi connectivity index (χ1n) is 8.86. The molecule has 25 heavy (non-hydrogen) atoms. The molecule has 1 unspecified atom stereocenters. The van der Waals surface area contributed by atoms with Gasteiger partial charge < -0.3 is 15.1 Å². The molecule has 3 aromatic rings. The highest BCUT2D eigenvalue weighted by Crippen LogP contribution is 2.27. The van der Waals surface area contributed by atoms with E-state index in [0.29, 0.717) is 6.42 Å². The van der Waals surface area contributed by atoms with Crippen molar-refractivity contribution in [2.45, 2.75) is 31.7 Å². The summed E-state index contributed by atoms with van der Waals surface area (Å²) in [6, 6.07) is 10.6. The first-order chi connectivity index (χ1) is 12.2. The van der Waals surface area contributed by atoms with Crippen molar-refractivity contribution in [3.8, 4) is 11.1 Å². The summed E-state index contributed by atoms with van der Waals surface area (Å²) in [5.74, 6) is 0.656. The summed E-state index contributed by atoms with van der Waals surface area (Å²) in [5.41, 5.74) is 8.78. The number of nitrogens with zero attached hydrogens (tertiary/aromatic N) is 1. The molecule has 3 N–H and O–H groups in total. The summed E-state index contributed by atoms with van der Waals surface area (Å²) in [7, 11) is 0. The Labute approximate surface area is 146 Å². The van der Waals surface area contributed by atoms with E-state index in [9.17, 15) is 4.79 Å². The smallest absolute Gasteiger partial charge is 0.219 e. The lowest BCUT2D eigenvalue weighted by molar-refractivity contribution is -0.119. The normalized spacial score (nSPS) is 16.5. The highest BCUT2D eigenvalue weighted by Gasteiger charge is 2.25. The standard InChI is InChI=1S/C20H23N3O2/c21-20(24)12-17(23-7-1-2-8-23)11-18-10-16(13-25-18)14-3-4-19-15(9-14)5-6-22-19/h3-6,9-10,13,17,22H,1-2,7-8,11-12H2,(H2,21,24). The molecule has 1 saturated heterocycles. The molecule has 0 spiro atoms. The number of likely N-dealkylation sites (tertiary alicyclic amines) is 1. The van der Waals surface area contributed by atoms with Crippen LogP contribution in [0, 0.1) is 0 Å². The van der Waals surface area contributed by atoms with E-state index in [2.05, 4.69) is 40.2 Å². The highest BCUT2D eigenvalue weighted by atomic mass is 16.3. The number of H-pyrrole nitrogens is 1. The van der Waals surface area contributed by atoms with E-state index in [-0.39, 0.29) is 11.9 Å². The van der Waals surface area contributed by atoms with Crippen LogP contribution in [0.1, 0.15) is 25.0 Å². The molecular formula is C20H23N3O2. The fraction of sp³-hybridized carbons (Fsp3) is 0.350. The SMILES string of the molecule is NC(=O)CC(Cc1cc(-c2ccc3[nH]ccc3c2)co1)N1CCCC1. The topological polar surface area (TPSA) is 75.3 Å². The number of carbonyl (C=O) groups is 1. The number of furan rings is 1. The van der Waals surface area contributed by atoms with Crippen molar-refractivity contribution in [3.05, 3.63) is 48.6 Å². The van der Waals surface area contributed by atoms with Crippen molar-refractivity contribution in [2.75, 3.05) is 13.1 Å². The van der Waals surface area contributed by atoms with Gasteiger partial charge in [0.2, 0.25) is 5.91 Å². The Balaban J connectivity index is 1.53. The van der Waals surface area contributed by atoms with Gasteiger partial charge in [-0.3, -0.25) is 9.69 Å². The number of benzene rings is 1. The lowest BCUT2D eigenvalue weighted by Crippen LogP contribution is -2.37. The van der Waals surface area contributed by atoms with E-state index in [1.807, 2.05) is 6.20 Å². The van der Waals surface area contributed by atoms with Crippen molar-refractivity contribution in [1.29, 1.82) is 0 Å². The van der Waals surface area contributed by atoms with Gasteiger partial charge in [-0.25, -0.2) is 0 Å². The number of hydrogen-bond acceptors (Lipinski definition) is 3. The number of aromatic amines is 1. The Morgan fingerprint density at radius 1 is 1.20 bits per heavy atom. The maximum atomic E-state index is 11.4. The van der Waals surface area contributed by atoms with Gasteiger partial charge in [0.05, 0.1) is 6.26 Å². The molecule has 1 aliphatic heterocycles. The molecule has 0 aliphatic carbocycles. The van der Waals surface area contributed by atoms with Crippen LogP contribution in [0.5, 0.6) is 0 Å². The maximum absolute atomic E-state index is 11.4. The second-order valence-corrected chi connectivity index (χ2v) is 6.85. The molecule has 5 heteroatoms. The van der Waals surface area contributed by atoms with Crippen LogP contribution >= 0.6 is 0 Å². The Hall–Kier alpha value is -2.53. The molecule has 0 bridgehead atoms. The number of nitrogens with one attached hydrogen (secondary N) is 1. The van der Waals surface area contributed by atoms with E-state index in [1.165, 1.54) is 18.2 Å². The number of fused-ring (bicyclic) bond motifs is 1. The summed E-state index contributed by atoms with van der Waals surface area (Å²) in [6.07, 6.45) is 7.22. The Bertz CT molecular complexity index is 874. The number of rotatable bonds is 6. The molecular weight excluding hydrogens is 314 g/mol. The Kier molecular flexibility index (Phi) is 4.32. The second-order valence-electron chi connectivity index (χ2n) is 6.85. The molecule has 1 aliphatic rings. The number of primary amides is 1. The van der Waals surface area contributed by atoms with Crippen molar-refractivity contribution in [2.24, 2.45) is 5.73 Å². The van der Waals surface area contributed by atoms with E-state index in [1.54, 1.807) is 6.26 Å². The van der Waals surface area contributed by atoms with Gasteiger partial charge in [-0.1, -0.05) is 6.07 Å². The van der Waals surface area contributed by atoms with Crippen molar-refractivity contribution < 1.29 is 9.21 Å². The quantitative estimate of drug-likeness (QED) is 0.724. The van der Waals surface area contributed by atoms with E-state index in [4.69, 9.17) is 10.2 Å². The van der Waals surface area contributed by atoms with Crippen LogP contribution in [0.4, 0.5) is 0 Å². The zero-order chi connectivity index (χ0) is 17.2. The predicted molar refractivity (Wildman–Crippen MR) is 98.1 cm³/mol. The minimum Gasteiger partial charge on any atom is -0.469 e. The number of aromatic nitrogens is 1. The van der Waals surface area contributed by atoms with Gasteiger partial charge >= 0.3 is 0 Å². The summed E-state index contributed by atoms with van der Waals surface area (Å²) >= 11 is 0. The van der Waals surface area contributed by atoms with Gasteiger partial charge in [0.25, 0.3) is 0 Å². The third-order valence-corrected chi connectivity index (χ3v) is 5.07. The van der Waals surface area contributed by atoms with Gasteiger partial charge in [-0.2, -0.15) is 0 Å². The van der Waals surface area contributed by atoms with Gasteiger partial charge in [-0.05, 0) is 61.1 Å².